The summed E-state index contributed by atoms with van der Waals surface area (Å²) in [5, 5.41) is 2.87. The molecule has 0 heterocycles. The van der Waals surface area contributed by atoms with Crippen LogP contribution >= 0.6 is 11.6 Å². The van der Waals surface area contributed by atoms with Crippen molar-refractivity contribution in [2.45, 2.75) is 30.2 Å². The van der Waals surface area contributed by atoms with Gasteiger partial charge >= 0.3 is 5.97 Å². The predicted molar refractivity (Wildman–Crippen MR) is 108 cm³/mol. The first kappa shape index (κ1) is 21.3. The Kier molecular flexibility index (Phi) is 6.56. The van der Waals surface area contributed by atoms with Crippen LogP contribution in [-0.4, -0.2) is 33.9 Å². The molecule has 0 unspecified atom stereocenters. The van der Waals surface area contributed by atoms with Crippen LogP contribution in [0.5, 0.6) is 0 Å². The molecule has 1 amide bonds. The van der Waals surface area contributed by atoms with E-state index >= 15 is 0 Å². The van der Waals surface area contributed by atoms with E-state index < -0.39 is 28.5 Å². The minimum atomic E-state index is -3.83. The van der Waals surface area contributed by atoms with E-state index in [1.54, 1.807) is 0 Å². The molecule has 0 aromatic heterocycles. The number of ether oxygens (including phenoxy) is 1. The summed E-state index contributed by atoms with van der Waals surface area (Å²) in [6.45, 7) is -0.464. The van der Waals surface area contributed by atoms with Gasteiger partial charge in [0, 0.05) is 0 Å². The fourth-order valence-electron chi connectivity index (χ4n) is 3.30. The molecule has 7 nitrogen and oxygen atoms in total. The van der Waals surface area contributed by atoms with Gasteiger partial charge in [-0.2, -0.15) is 0 Å². The molecule has 0 saturated carbocycles. The van der Waals surface area contributed by atoms with Crippen molar-refractivity contribution in [3.63, 3.8) is 0 Å². The van der Waals surface area contributed by atoms with Crippen LogP contribution in [0.15, 0.2) is 47.4 Å². The zero-order valence-electron chi connectivity index (χ0n) is 15.8. The van der Waals surface area contributed by atoms with Gasteiger partial charge in [0.2, 0.25) is 10.0 Å². The molecule has 1 atom stereocenters. The maximum atomic E-state index is 12.3. The number of hydrogen-bond donors (Lipinski definition) is 2. The topological polar surface area (TPSA) is 102 Å². The molecule has 3 rings (SSSR count). The monoisotopic (exact) mass is 436 g/mol. The molecule has 154 valence electrons. The Morgan fingerprint density at radius 1 is 1.21 bits per heavy atom. The highest BCUT2D eigenvalue weighted by molar-refractivity contribution is 7.89. The van der Waals surface area contributed by atoms with Crippen molar-refractivity contribution in [2.75, 3.05) is 13.7 Å². The summed E-state index contributed by atoms with van der Waals surface area (Å²) >= 11 is 5.91. The number of carbonyl (C=O) groups is 2. The summed E-state index contributed by atoms with van der Waals surface area (Å²) in [5.74, 6) is -1.23. The Labute approximate surface area is 174 Å². The van der Waals surface area contributed by atoms with Crippen LogP contribution in [0.3, 0.4) is 0 Å². The number of aryl methyl sites for hydroxylation is 1. The lowest BCUT2D eigenvalue weighted by molar-refractivity contribution is -0.125. The van der Waals surface area contributed by atoms with Crippen molar-refractivity contribution in [3.8, 4) is 0 Å². The second-order valence-electron chi connectivity index (χ2n) is 6.64. The summed E-state index contributed by atoms with van der Waals surface area (Å²) in [5.41, 5.74) is 2.28. The zero-order chi connectivity index (χ0) is 21.0. The summed E-state index contributed by atoms with van der Waals surface area (Å²) in [6, 6.07) is 11.6. The molecule has 0 aliphatic heterocycles. The molecule has 1 aliphatic rings. The van der Waals surface area contributed by atoms with E-state index in [0.717, 1.165) is 30.9 Å². The van der Waals surface area contributed by atoms with Crippen molar-refractivity contribution in [3.05, 3.63) is 64.2 Å². The number of amides is 1. The highest BCUT2D eigenvalue weighted by atomic mass is 35.5. The first-order valence-corrected chi connectivity index (χ1v) is 11.0. The van der Waals surface area contributed by atoms with E-state index in [4.69, 9.17) is 16.3 Å². The Balaban J connectivity index is 1.63. The normalized spacial score (nSPS) is 16.0. The summed E-state index contributed by atoms with van der Waals surface area (Å²) < 4.78 is 31.1. The van der Waals surface area contributed by atoms with Gasteiger partial charge in [0.1, 0.15) is 4.90 Å². The van der Waals surface area contributed by atoms with E-state index in [2.05, 4.69) is 10.0 Å². The van der Waals surface area contributed by atoms with Gasteiger partial charge in [-0.15, -0.1) is 0 Å². The summed E-state index contributed by atoms with van der Waals surface area (Å²) in [7, 11) is -2.59. The number of carbonyl (C=O) groups excluding carboxylic acids is 2. The van der Waals surface area contributed by atoms with Crippen LogP contribution in [0, 0.1) is 0 Å². The molecular weight excluding hydrogens is 416 g/mol. The largest absolute Gasteiger partial charge is 0.452 e. The van der Waals surface area contributed by atoms with Crippen molar-refractivity contribution in [1.29, 1.82) is 0 Å². The van der Waals surface area contributed by atoms with E-state index in [9.17, 15) is 18.0 Å². The van der Waals surface area contributed by atoms with Gasteiger partial charge in [-0.1, -0.05) is 35.9 Å². The van der Waals surface area contributed by atoms with Crippen molar-refractivity contribution in [1.82, 2.24) is 10.0 Å². The quantitative estimate of drug-likeness (QED) is 0.678. The van der Waals surface area contributed by atoms with Gasteiger partial charge in [0.15, 0.2) is 6.61 Å². The number of halogens is 1. The zero-order valence-corrected chi connectivity index (χ0v) is 17.3. The van der Waals surface area contributed by atoms with Gasteiger partial charge in [-0.25, -0.2) is 17.9 Å². The molecular formula is C20H21ClN2O5S. The van der Waals surface area contributed by atoms with Gasteiger partial charge in [-0.05, 0) is 55.6 Å². The second-order valence-corrected chi connectivity index (χ2v) is 8.90. The Morgan fingerprint density at radius 2 is 1.97 bits per heavy atom. The predicted octanol–water partition coefficient (Wildman–Crippen LogP) is 2.60. The van der Waals surface area contributed by atoms with Gasteiger partial charge < -0.3 is 10.1 Å². The summed E-state index contributed by atoms with van der Waals surface area (Å²) in [4.78, 5) is 24.3. The lowest BCUT2D eigenvalue weighted by Crippen LogP contribution is -2.34. The van der Waals surface area contributed by atoms with Crippen LogP contribution in [0.4, 0.5) is 0 Å². The SMILES string of the molecule is CNS(=O)(=O)c1cc(C(=O)OCC(=O)N[C@H]2CCCc3ccccc32)ccc1Cl. The molecule has 29 heavy (non-hydrogen) atoms. The number of nitrogens with one attached hydrogen (secondary N) is 2. The lowest BCUT2D eigenvalue weighted by atomic mass is 9.88. The van der Waals surface area contributed by atoms with Crippen molar-refractivity contribution in [2.24, 2.45) is 0 Å². The Bertz CT molecular complexity index is 1040. The van der Waals surface area contributed by atoms with Crippen molar-refractivity contribution < 1.29 is 22.7 Å². The second kappa shape index (κ2) is 8.94. The Hall–Kier alpha value is -2.42. The molecule has 9 heteroatoms. The molecule has 1 aliphatic carbocycles. The molecule has 0 radical (unpaired) electrons. The van der Waals surface area contributed by atoms with Gasteiger partial charge in [-0.3, -0.25) is 4.79 Å². The third-order valence-electron chi connectivity index (χ3n) is 4.76. The van der Waals surface area contributed by atoms with E-state index in [1.165, 1.54) is 24.7 Å². The highest BCUT2D eigenvalue weighted by Gasteiger charge is 2.23. The number of benzene rings is 2. The van der Waals surface area contributed by atoms with E-state index in [0.29, 0.717) is 0 Å². The molecule has 0 spiro atoms. The maximum absolute atomic E-state index is 12.3. The number of hydrogen-bond acceptors (Lipinski definition) is 5. The number of sulfonamides is 1. The van der Waals surface area contributed by atoms with E-state index in [1.807, 2.05) is 24.3 Å². The standard InChI is InChI=1S/C20H21ClN2O5S/c1-22-29(26,27)18-11-14(9-10-16(18)21)20(25)28-12-19(24)23-17-8-4-6-13-5-2-3-7-15(13)17/h2-3,5,7,9-11,17,22H,4,6,8,12H2,1H3,(H,23,24)/t17-/m0/s1. The highest BCUT2D eigenvalue weighted by Crippen LogP contribution is 2.29. The molecule has 0 bridgehead atoms. The average Bonchev–Trinajstić information content (AvgIpc) is 2.72. The third kappa shape index (κ3) is 4.95. The summed E-state index contributed by atoms with van der Waals surface area (Å²) in [6.07, 6.45) is 2.76. The van der Waals surface area contributed by atoms with Crippen LogP contribution in [-0.2, 0) is 26.0 Å². The lowest BCUT2D eigenvalue weighted by Gasteiger charge is -2.26. The number of esters is 1. The van der Waals surface area contributed by atoms with Crippen LogP contribution in [0.1, 0.15) is 40.4 Å². The van der Waals surface area contributed by atoms with Crippen LogP contribution in [0.25, 0.3) is 0 Å². The minimum absolute atomic E-state index is 0.0148. The first-order valence-electron chi connectivity index (χ1n) is 9.09. The molecule has 0 fully saturated rings. The fourth-order valence-corrected chi connectivity index (χ4v) is 4.55. The van der Waals surface area contributed by atoms with Gasteiger partial charge in [0.05, 0.1) is 16.6 Å². The van der Waals surface area contributed by atoms with E-state index in [-0.39, 0.29) is 21.5 Å². The first-order chi connectivity index (χ1) is 13.8. The maximum Gasteiger partial charge on any atom is 0.338 e. The van der Waals surface area contributed by atoms with Crippen LogP contribution < -0.4 is 10.0 Å². The minimum Gasteiger partial charge on any atom is -0.452 e. The van der Waals surface area contributed by atoms with Crippen molar-refractivity contribution >= 4 is 33.5 Å². The molecule has 2 aromatic carbocycles. The molecule has 2 N–H and O–H groups in total. The average molecular weight is 437 g/mol. The smallest absolute Gasteiger partial charge is 0.338 e. The van der Waals surface area contributed by atoms with Gasteiger partial charge in [0.25, 0.3) is 5.91 Å². The number of rotatable bonds is 6. The third-order valence-corrected chi connectivity index (χ3v) is 6.66. The molecule has 0 saturated heterocycles. The number of fused-ring (bicyclic) bond motifs is 1. The Morgan fingerprint density at radius 3 is 2.72 bits per heavy atom. The molecule has 2 aromatic rings. The van der Waals surface area contributed by atoms with Crippen LogP contribution in [0.2, 0.25) is 5.02 Å². The fraction of sp³-hybridized carbons (Fsp3) is 0.300.